The van der Waals surface area contributed by atoms with Gasteiger partial charge in [0.25, 0.3) is 0 Å². The molecule has 0 unspecified atom stereocenters. The van der Waals surface area contributed by atoms with E-state index in [9.17, 15) is 31.1 Å². The standard InChI is InChI=1S/C13H13F6NO2/c1-6-4-7(2)9(8(3)5-6)22-11(21)20-10(12(14,15)16)13(17,18)19/h4-5,10H,1-3H3,(H,20,21). The predicted octanol–water partition coefficient (Wildman–Crippen LogP) is 4.19. The van der Waals surface area contributed by atoms with Crippen molar-refractivity contribution in [2.75, 3.05) is 0 Å². The van der Waals surface area contributed by atoms with E-state index in [1.807, 2.05) is 0 Å². The van der Waals surface area contributed by atoms with Gasteiger partial charge in [0.15, 0.2) is 0 Å². The molecule has 0 heterocycles. The highest BCUT2D eigenvalue weighted by Crippen LogP contribution is 2.33. The molecule has 1 amide bonds. The van der Waals surface area contributed by atoms with Crippen molar-refractivity contribution in [3.05, 3.63) is 28.8 Å². The van der Waals surface area contributed by atoms with Gasteiger partial charge in [0, 0.05) is 0 Å². The molecule has 3 nitrogen and oxygen atoms in total. The maximum atomic E-state index is 12.3. The van der Waals surface area contributed by atoms with Crippen LogP contribution in [0.25, 0.3) is 0 Å². The van der Waals surface area contributed by atoms with Crippen LogP contribution in [0.3, 0.4) is 0 Å². The van der Waals surface area contributed by atoms with Gasteiger partial charge in [-0.05, 0) is 31.9 Å². The summed E-state index contributed by atoms with van der Waals surface area (Å²) in [5, 5.41) is 0.803. The number of aryl methyl sites for hydroxylation is 3. The van der Waals surface area contributed by atoms with Gasteiger partial charge in [-0.2, -0.15) is 26.3 Å². The van der Waals surface area contributed by atoms with Crippen molar-refractivity contribution in [3.63, 3.8) is 0 Å². The van der Waals surface area contributed by atoms with Gasteiger partial charge in [0.05, 0.1) is 0 Å². The van der Waals surface area contributed by atoms with Gasteiger partial charge in [-0.3, -0.25) is 0 Å². The maximum absolute atomic E-state index is 12.3. The molecule has 0 radical (unpaired) electrons. The molecule has 9 heteroatoms. The molecule has 1 rings (SSSR count). The zero-order valence-corrected chi connectivity index (χ0v) is 11.8. The summed E-state index contributed by atoms with van der Waals surface area (Å²) >= 11 is 0. The van der Waals surface area contributed by atoms with Crippen LogP contribution < -0.4 is 10.1 Å². The number of amides is 1. The number of benzene rings is 1. The number of rotatable bonds is 2. The number of hydrogen-bond acceptors (Lipinski definition) is 2. The third-order valence-electron chi connectivity index (χ3n) is 2.72. The predicted molar refractivity (Wildman–Crippen MR) is 65.7 cm³/mol. The minimum atomic E-state index is -5.67. The van der Waals surface area contributed by atoms with E-state index in [2.05, 4.69) is 4.74 Å². The first-order valence-electron chi connectivity index (χ1n) is 6.02. The fourth-order valence-corrected chi connectivity index (χ4v) is 1.92. The molecule has 0 aliphatic heterocycles. The Hall–Kier alpha value is -1.93. The molecule has 0 saturated heterocycles. The summed E-state index contributed by atoms with van der Waals surface area (Å²) < 4.78 is 78.6. The van der Waals surface area contributed by atoms with Crippen LogP contribution in [0.4, 0.5) is 31.1 Å². The second kappa shape index (κ2) is 6.05. The van der Waals surface area contributed by atoms with Crippen molar-refractivity contribution >= 4 is 6.09 Å². The second-order valence-electron chi connectivity index (χ2n) is 4.78. The lowest BCUT2D eigenvalue weighted by molar-refractivity contribution is -0.255. The smallest absolute Gasteiger partial charge is 0.410 e. The molecule has 0 atom stereocenters. The molecule has 0 spiro atoms. The highest BCUT2D eigenvalue weighted by molar-refractivity contribution is 5.72. The first kappa shape index (κ1) is 18.1. The summed E-state index contributed by atoms with van der Waals surface area (Å²) in [5.74, 6) is -0.0776. The number of carbonyl (C=O) groups excluding carboxylic acids is 1. The fourth-order valence-electron chi connectivity index (χ4n) is 1.92. The average Bonchev–Trinajstić information content (AvgIpc) is 2.27. The molecule has 0 bridgehead atoms. The Balaban J connectivity index is 2.95. The topological polar surface area (TPSA) is 38.3 Å². The summed E-state index contributed by atoms with van der Waals surface area (Å²) in [5.41, 5.74) is 1.65. The van der Waals surface area contributed by atoms with Crippen LogP contribution >= 0.6 is 0 Å². The Kier molecular flexibility index (Phi) is 4.99. The number of nitrogens with one attached hydrogen (secondary N) is 1. The van der Waals surface area contributed by atoms with Crippen molar-refractivity contribution < 1.29 is 35.9 Å². The van der Waals surface area contributed by atoms with Crippen LogP contribution in [0.2, 0.25) is 0 Å². The van der Waals surface area contributed by atoms with Crippen LogP contribution in [-0.2, 0) is 0 Å². The quantitative estimate of drug-likeness (QED) is 0.826. The van der Waals surface area contributed by atoms with Gasteiger partial charge in [-0.25, -0.2) is 4.79 Å². The van der Waals surface area contributed by atoms with Crippen molar-refractivity contribution in [1.82, 2.24) is 5.32 Å². The van der Waals surface area contributed by atoms with E-state index in [1.54, 1.807) is 19.1 Å². The van der Waals surface area contributed by atoms with E-state index >= 15 is 0 Å². The molecular formula is C13H13F6NO2. The lowest BCUT2D eigenvalue weighted by Crippen LogP contribution is -2.55. The van der Waals surface area contributed by atoms with Crippen LogP contribution in [0.15, 0.2) is 12.1 Å². The molecular weight excluding hydrogens is 316 g/mol. The minimum Gasteiger partial charge on any atom is -0.410 e. The number of ether oxygens (including phenoxy) is 1. The highest BCUT2D eigenvalue weighted by atomic mass is 19.4. The first-order valence-corrected chi connectivity index (χ1v) is 6.02. The molecule has 1 N–H and O–H groups in total. The Labute approximate surface area is 122 Å². The van der Waals surface area contributed by atoms with Gasteiger partial charge in [0.1, 0.15) is 5.75 Å². The van der Waals surface area contributed by atoms with Crippen LogP contribution in [-0.4, -0.2) is 24.5 Å². The molecule has 0 aliphatic rings. The number of alkyl halides is 6. The molecule has 1 aromatic carbocycles. The van der Waals surface area contributed by atoms with Crippen molar-refractivity contribution in [2.45, 2.75) is 39.2 Å². The fraction of sp³-hybridized carbons (Fsp3) is 0.462. The summed E-state index contributed by atoms with van der Waals surface area (Å²) in [6.45, 7) is 4.79. The Morgan fingerprint density at radius 1 is 1.00 bits per heavy atom. The normalized spacial score (nSPS) is 12.5. The molecule has 0 aliphatic carbocycles. The third-order valence-corrected chi connectivity index (χ3v) is 2.72. The number of halogens is 6. The maximum Gasteiger partial charge on any atom is 0.417 e. The average molecular weight is 329 g/mol. The molecule has 0 aromatic heterocycles. The van der Waals surface area contributed by atoms with E-state index in [4.69, 9.17) is 0 Å². The van der Waals surface area contributed by atoms with E-state index in [0.29, 0.717) is 11.1 Å². The monoisotopic (exact) mass is 329 g/mol. The van der Waals surface area contributed by atoms with E-state index in [-0.39, 0.29) is 5.75 Å². The largest absolute Gasteiger partial charge is 0.417 e. The van der Waals surface area contributed by atoms with Gasteiger partial charge >= 0.3 is 18.4 Å². The van der Waals surface area contributed by atoms with Crippen LogP contribution in [0.1, 0.15) is 16.7 Å². The van der Waals surface area contributed by atoms with Crippen molar-refractivity contribution in [2.24, 2.45) is 0 Å². The second-order valence-corrected chi connectivity index (χ2v) is 4.78. The molecule has 0 saturated carbocycles. The van der Waals surface area contributed by atoms with Gasteiger partial charge < -0.3 is 10.1 Å². The van der Waals surface area contributed by atoms with Crippen LogP contribution in [0, 0.1) is 20.8 Å². The summed E-state index contributed by atoms with van der Waals surface area (Å²) in [7, 11) is 0. The Morgan fingerprint density at radius 3 is 1.77 bits per heavy atom. The zero-order valence-electron chi connectivity index (χ0n) is 11.8. The molecule has 124 valence electrons. The van der Waals surface area contributed by atoms with Crippen molar-refractivity contribution in [1.29, 1.82) is 0 Å². The SMILES string of the molecule is Cc1cc(C)c(OC(=O)NC(C(F)(F)F)C(F)(F)F)c(C)c1. The summed E-state index contributed by atoms with van der Waals surface area (Å²) in [4.78, 5) is 11.4. The highest BCUT2D eigenvalue weighted by Gasteiger charge is 2.57. The van der Waals surface area contributed by atoms with Crippen molar-refractivity contribution in [3.8, 4) is 5.75 Å². The van der Waals surface area contributed by atoms with Gasteiger partial charge in [-0.1, -0.05) is 17.7 Å². The lowest BCUT2D eigenvalue weighted by atomic mass is 10.1. The zero-order chi connectivity index (χ0) is 17.3. The Morgan fingerprint density at radius 2 is 1.41 bits per heavy atom. The van der Waals surface area contributed by atoms with Gasteiger partial charge in [-0.15, -0.1) is 0 Å². The van der Waals surface area contributed by atoms with E-state index in [0.717, 1.165) is 10.9 Å². The molecule has 1 aromatic rings. The Bertz CT molecular complexity index is 528. The van der Waals surface area contributed by atoms with E-state index < -0.39 is 24.5 Å². The lowest BCUT2D eigenvalue weighted by Gasteiger charge is -2.23. The van der Waals surface area contributed by atoms with E-state index in [1.165, 1.54) is 13.8 Å². The number of carbonyl (C=O) groups is 1. The van der Waals surface area contributed by atoms with Crippen LogP contribution in [0.5, 0.6) is 5.75 Å². The van der Waals surface area contributed by atoms with Gasteiger partial charge in [0.2, 0.25) is 6.04 Å². The molecule has 0 fully saturated rings. The summed E-state index contributed by atoms with van der Waals surface area (Å²) in [6, 6.07) is -0.820. The first-order chi connectivity index (χ1) is 9.82. The number of hydrogen-bond donors (Lipinski definition) is 1. The minimum absolute atomic E-state index is 0.0776. The molecule has 22 heavy (non-hydrogen) atoms. The third kappa shape index (κ3) is 4.54. The summed E-state index contributed by atoms with van der Waals surface area (Å²) in [6.07, 6.45) is -13.2.